The normalized spacial score (nSPS) is 10.5. The lowest BCUT2D eigenvalue weighted by Crippen LogP contribution is -2.01. The third-order valence-corrected chi connectivity index (χ3v) is 3.65. The lowest BCUT2D eigenvalue weighted by molar-refractivity contribution is 0.0697. The smallest absolute Gasteiger partial charge is 0.335 e. The molecule has 1 aromatic heterocycles. The molecule has 0 bridgehead atoms. The van der Waals surface area contributed by atoms with Crippen LogP contribution in [0.1, 0.15) is 15.9 Å². The fraction of sp³-hybridized carbons (Fsp3) is 0.111. The Labute approximate surface area is 137 Å². The van der Waals surface area contributed by atoms with Gasteiger partial charge < -0.3 is 19.5 Å². The Balaban J connectivity index is 2.08. The minimum absolute atomic E-state index is 0.0833. The molecule has 0 aliphatic carbocycles. The standard InChI is InChI=1S/C18H14N2O4/c19-10-13-11-20(14-3-1-12(2-4-14)18(22)23)17-6-5-15(9-16(13)17)24-8-7-21/h1-6,9,11,21H,7-8H2,(H,22,23). The molecule has 120 valence electrons. The Morgan fingerprint density at radius 3 is 2.58 bits per heavy atom. The van der Waals surface area contributed by atoms with Gasteiger partial charge in [-0.2, -0.15) is 5.26 Å². The van der Waals surface area contributed by atoms with Crippen molar-refractivity contribution >= 4 is 16.9 Å². The highest BCUT2D eigenvalue weighted by molar-refractivity contribution is 5.90. The van der Waals surface area contributed by atoms with Gasteiger partial charge in [-0.25, -0.2) is 4.79 Å². The molecule has 0 radical (unpaired) electrons. The summed E-state index contributed by atoms with van der Waals surface area (Å²) in [6.45, 7) is 0.102. The number of hydrogen-bond donors (Lipinski definition) is 2. The van der Waals surface area contributed by atoms with Crippen LogP contribution in [0.4, 0.5) is 0 Å². The van der Waals surface area contributed by atoms with Gasteiger partial charge >= 0.3 is 5.97 Å². The van der Waals surface area contributed by atoms with Crippen molar-refractivity contribution in [2.75, 3.05) is 13.2 Å². The molecule has 0 spiro atoms. The van der Waals surface area contributed by atoms with E-state index in [0.29, 0.717) is 11.3 Å². The van der Waals surface area contributed by atoms with Gasteiger partial charge in [0, 0.05) is 17.3 Å². The second-order valence-corrected chi connectivity index (χ2v) is 5.13. The number of carbonyl (C=O) groups is 1. The minimum Gasteiger partial charge on any atom is -0.491 e. The number of carboxylic acid groups (broad SMARTS) is 1. The van der Waals surface area contributed by atoms with Gasteiger partial charge in [0.15, 0.2) is 0 Å². The molecule has 0 aliphatic rings. The maximum absolute atomic E-state index is 11.0. The first kappa shape index (κ1) is 15.6. The highest BCUT2D eigenvalue weighted by Gasteiger charge is 2.11. The van der Waals surface area contributed by atoms with Gasteiger partial charge in [0.25, 0.3) is 0 Å². The fourth-order valence-corrected chi connectivity index (χ4v) is 2.53. The zero-order valence-corrected chi connectivity index (χ0v) is 12.6. The minimum atomic E-state index is -0.984. The van der Waals surface area contributed by atoms with Crippen LogP contribution in [0.3, 0.4) is 0 Å². The third kappa shape index (κ3) is 2.81. The lowest BCUT2D eigenvalue weighted by atomic mass is 10.2. The summed E-state index contributed by atoms with van der Waals surface area (Å²) >= 11 is 0. The van der Waals surface area contributed by atoms with E-state index in [4.69, 9.17) is 14.9 Å². The Morgan fingerprint density at radius 1 is 1.21 bits per heavy atom. The van der Waals surface area contributed by atoms with E-state index >= 15 is 0 Å². The monoisotopic (exact) mass is 322 g/mol. The molecule has 0 aliphatic heterocycles. The van der Waals surface area contributed by atoms with Crippen molar-refractivity contribution < 1.29 is 19.7 Å². The highest BCUT2D eigenvalue weighted by atomic mass is 16.5. The summed E-state index contributed by atoms with van der Waals surface area (Å²) in [5.74, 6) is -0.408. The summed E-state index contributed by atoms with van der Waals surface area (Å²) in [5.41, 5.74) is 2.26. The maximum atomic E-state index is 11.0. The summed E-state index contributed by atoms with van der Waals surface area (Å²) in [6, 6.07) is 13.9. The molecule has 1 heterocycles. The number of ether oxygens (including phenoxy) is 1. The predicted molar refractivity (Wildman–Crippen MR) is 87.5 cm³/mol. The number of aromatic nitrogens is 1. The first-order chi connectivity index (χ1) is 11.6. The van der Waals surface area contributed by atoms with Crippen LogP contribution in [0.5, 0.6) is 5.75 Å². The van der Waals surface area contributed by atoms with E-state index < -0.39 is 5.97 Å². The molecule has 0 saturated heterocycles. The summed E-state index contributed by atoms with van der Waals surface area (Å²) in [6.07, 6.45) is 1.70. The number of nitrogens with zero attached hydrogens (tertiary/aromatic N) is 2. The summed E-state index contributed by atoms with van der Waals surface area (Å²) in [5, 5.41) is 27.9. The second-order valence-electron chi connectivity index (χ2n) is 5.13. The van der Waals surface area contributed by atoms with Gasteiger partial charge in [-0.15, -0.1) is 0 Å². The summed E-state index contributed by atoms with van der Waals surface area (Å²) < 4.78 is 7.21. The molecular formula is C18H14N2O4. The number of carboxylic acids is 1. The quantitative estimate of drug-likeness (QED) is 0.752. The van der Waals surface area contributed by atoms with Crippen molar-refractivity contribution in [2.45, 2.75) is 0 Å². The number of fused-ring (bicyclic) bond motifs is 1. The Bertz CT molecular complexity index is 936. The van der Waals surface area contributed by atoms with Crippen LogP contribution < -0.4 is 4.74 Å². The number of benzene rings is 2. The molecule has 2 N–H and O–H groups in total. The number of aliphatic hydroxyl groups excluding tert-OH is 1. The molecule has 6 nitrogen and oxygen atoms in total. The van der Waals surface area contributed by atoms with Crippen molar-refractivity contribution in [2.24, 2.45) is 0 Å². The number of aromatic carboxylic acids is 1. The Hall–Kier alpha value is -3.30. The summed E-state index contributed by atoms with van der Waals surface area (Å²) in [7, 11) is 0. The van der Waals surface area contributed by atoms with E-state index in [1.807, 2.05) is 10.6 Å². The van der Waals surface area contributed by atoms with Gasteiger partial charge in [-0.05, 0) is 42.5 Å². The average Bonchev–Trinajstić information content (AvgIpc) is 2.98. The molecule has 3 rings (SSSR count). The predicted octanol–water partition coefficient (Wildman–Crippen LogP) is 2.57. The molecule has 6 heteroatoms. The van der Waals surface area contributed by atoms with E-state index in [2.05, 4.69) is 6.07 Å². The summed E-state index contributed by atoms with van der Waals surface area (Å²) in [4.78, 5) is 11.0. The Kier molecular flexibility index (Phi) is 4.18. The van der Waals surface area contributed by atoms with Gasteiger partial charge in [0.05, 0.1) is 23.3 Å². The lowest BCUT2D eigenvalue weighted by Gasteiger charge is -2.07. The number of aliphatic hydroxyl groups is 1. The van der Waals surface area contributed by atoms with Crippen LogP contribution in [-0.2, 0) is 0 Å². The fourth-order valence-electron chi connectivity index (χ4n) is 2.53. The van der Waals surface area contributed by atoms with Crippen molar-refractivity contribution in [1.82, 2.24) is 4.57 Å². The van der Waals surface area contributed by atoms with Crippen LogP contribution in [0.15, 0.2) is 48.7 Å². The van der Waals surface area contributed by atoms with Crippen LogP contribution in [0.2, 0.25) is 0 Å². The van der Waals surface area contributed by atoms with Crippen LogP contribution in [-0.4, -0.2) is 34.0 Å². The SMILES string of the molecule is N#Cc1cn(-c2ccc(C(=O)O)cc2)c2ccc(OCCO)cc12. The number of hydrogen-bond acceptors (Lipinski definition) is 4. The first-order valence-electron chi connectivity index (χ1n) is 7.26. The molecule has 2 aromatic carbocycles. The second kappa shape index (κ2) is 6.44. The van der Waals surface area contributed by atoms with E-state index in [1.54, 1.807) is 30.5 Å². The van der Waals surface area contributed by atoms with Crippen molar-refractivity contribution in [3.63, 3.8) is 0 Å². The molecule has 0 unspecified atom stereocenters. The first-order valence-corrected chi connectivity index (χ1v) is 7.26. The van der Waals surface area contributed by atoms with Crippen LogP contribution >= 0.6 is 0 Å². The highest BCUT2D eigenvalue weighted by Crippen LogP contribution is 2.28. The number of rotatable bonds is 5. The van der Waals surface area contributed by atoms with Gasteiger partial charge in [-0.3, -0.25) is 0 Å². The molecule has 0 saturated carbocycles. The zero-order chi connectivity index (χ0) is 17.1. The van der Waals surface area contributed by atoms with Crippen molar-refractivity contribution in [1.29, 1.82) is 5.26 Å². The van der Waals surface area contributed by atoms with Crippen molar-refractivity contribution in [3.8, 4) is 17.5 Å². The average molecular weight is 322 g/mol. The van der Waals surface area contributed by atoms with Gasteiger partial charge in [-0.1, -0.05) is 0 Å². The molecule has 0 amide bonds. The van der Waals surface area contributed by atoms with Gasteiger partial charge in [0.1, 0.15) is 18.4 Å². The maximum Gasteiger partial charge on any atom is 0.335 e. The third-order valence-electron chi connectivity index (χ3n) is 3.65. The molecule has 0 fully saturated rings. The molecule has 3 aromatic rings. The molecule has 24 heavy (non-hydrogen) atoms. The van der Waals surface area contributed by atoms with E-state index in [1.165, 1.54) is 12.1 Å². The Morgan fingerprint density at radius 2 is 1.96 bits per heavy atom. The van der Waals surface area contributed by atoms with Crippen LogP contribution in [0, 0.1) is 11.3 Å². The topological polar surface area (TPSA) is 95.5 Å². The van der Waals surface area contributed by atoms with E-state index in [0.717, 1.165) is 16.6 Å². The van der Waals surface area contributed by atoms with E-state index in [-0.39, 0.29) is 18.8 Å². The number of nitriles is 1. The molecule has 0 atom stereocenters. The van der Waals surface area contributed by atoms with Gasteiger partial charge in [0.2, 0.25) is 0 Å². The largest absolute Gasteiger partial charge is 0.491 e. The zero-order valence-electron chi connectivity index (χ0n) is 12.6. The van der Waals surface area contributed by atoms with Crippen molar-refractivity contribution in [3.05, 3.63) is 59.8 Å². The van der Waals surface area contributed by atoms with Crippen LogP contribution in [0.25, 0.3) is 16.6 Å². The van der Waals surface area contributed by atoms with E-state index in [9.17, 15) is 10.1 Å². The molecular weight excluding hydrogens is 308 g/mol.